The van der Waals surface area contributed by atoms with Crippen molar-refractivity contribution in [3.05, 3.63) is 45.1 Å². The third kappa shape index (κ3) is 1.73. The van der Waals surface area contributed by atoms with E-state index >= 15 is 0 Å². The predicted octanol–water partition coefficient (Wildman–Crippen LogP) is 2.54. The summed E-state index contributed by atoms with van der Waals surface area (Å²) in [6.07, 6.45) is 0. The van der Waals surface area contributed by atoms with E-state index in [9.17, 15) is 15.0 Å². The normalized spacial score (nSPS) is 10.8. The van der Waals surface area contributed by atoms with Crippen molar-refractivity contribution in [3.8, 4) is 11.5 Å². The van der Waals surface area contributed by atoms with E-state index in [2.05, 4.69) is 0 Å². The largest absolute Gasteiger partial charge is 0.504 e. The van der Waals surface area contributed by atoms with Gasteiger partial charge in [0.1, 0.15) is 0 Å². The van der Waals surface area contributed by atoms with Crippen molar-refractivity contribution >= 4 is 10.8 Å². The number of hydrogen-bond donors (Lipinski definition) is 2. The quantitative estimate of drug-likeness (QED) is 0.684. The molecule has 2 N–H and O–H groups in total. The fraction of sp³-hybridized carbons (Fsp3) is 0.214. The Labute approximate surface area is 99.0 Å². The molecule has 3 heteroatoms. The van der Waals surface area contributed by atoms with E-state index in [1.807, 2.05) is 13.0 Å². The van der Waals surface area contributed by atoms with E-state index in [-0.39, 0.29) is 22.3 Å². The molecule has 0 fully saturated rings. The van der Waals surface area contributed by atoms with Crippen LogP contribution in [0.3, 0.4) is 0 Å². The summed E-state index contributed by atoms with van der Waals surface area (Å²) in [5, 5.41) is 20.4. The van der Waals surface area contributed by atoms with E-state index in [4.69, 9.17) is 0 Å². The van der Waals surface area contributed by atoms with Gasteiger partial charge in [-0.15, -0.1) is 0 Å². The lowest BCUT2D eigenvalue weighted by atomic mass is 10.1. The van der Waals surface area contributed by atoms with Gasteiger partial charge in [0.15, 0.2) is 16.9 Å². The lowest BCUT2D eigenvalue weighted by Gasteiger charge is -2.04. The van der Waals surface area contributed by atoms with Gasteiger partial charge >= 0.3 is 0 Å². The molecule has 2 aromatic rings. The monoisotopic (exact) mass is 230 g/mol. The Kier molecular flexibility index (Phi) is 2.54. The number of hydrogen-bond acceptors (Lipinski definition) is 3. The van der Waals surface area contributed by atoms with Crippen LogP contribution in [0.15, 0.2) is 23.0 Å². The number of benzene rings is 1. The summed E-state index contributed by atoms with van der Waals surface area (Å²) in [6, 6.07) is 5.31. The van der Waals surface area contributed by atoms with Crippen LogP contribution in [-0.4, -0.2) is 10.2 Å². The molecule has 0 aliphatic rings. The molecular formula is C14H14O3. The van der Waals surface area contributed by atoms with E-state index in [1.54, 1.807) is 26.0 Å². The topological polar surface area (TPSA) is 57.5 Å². The maximum Gasteiger partial charge on any atom is 0.193 e. The maximum absolute atomic E-state index is 12.1. The van der Waals surface area contributed by atoms with Crippen LogP contribution in [0.2, 0.25) is 0 Å². The molecule has 0 unspecified atom stereocenters. The van der Waals surface area contributed by atoms with Gasteiger partial charge in [0.05, 0.1) is 5.39 Å². The minimum absolute atomic E-state index is 0.179. The van der Waals surface area contributed by atoms with Crippen molar-refractivity contribution < 1.29 is 10.2 Å². The highest BCUT2D eigenvalue weighted by Crippen LogP contribution is 2.34. The van der Waals surface area contributed by atoms with Gasteiger partial charge < -0.3 is 10.2 Å². The van der Waals surface area contributed by atoms with E-state index in [1.165, 1.54) is 0 Å². The molecule has 0 heterocycles. The van der Waals surface area contributed by atoms with Crippen molar-refractivity contribution in [2.75, 3.05) is 0 Å². The summed E-state index contributed by atoms with van der Waals surface area (Å²) in [4.78, 5) is 12.1. The van der Waals surface area contributed by atoms with Crippen molar-refractivity contribution in [1.82, 2.24) is 0 Å². The summed E-state index contributed by atoms with van der Waals surface area (Å²) < 4.78 is 0. The van der Waals surface area contributed by atoms with Gasteiger partial charge in [0.25, 0.3) is 0 Å². The van der Waals surface area contributed by atoms with Crippen LogP contribution in [0.25, 0.3) is 10.8 Å². The average Bonchev–Trinajstić information content (AvgIpc) is 2.34. The van der Waals surface area contributed by atoms with Crippen LogP contribution in [-0.2, 0) is 0 Å². The first kappa shape index (κ1) is 11.5. The highest BCUT2D eigenvalue weighted by atomic mass is 16.3. The summed E-state index contributed by atoms with van der Waals surface area (Å²) in [7, 11) is 0. The molecule has 0 radical (unpaired) electrons. The zero-order valence-electron chi connectivity index (χ0n) is 10.0. The second kappa shape index (κ2) is 3.77. The van der Waals surface area contributed by atoms with Gasteiger partial charge in [-0.1, -0.05) is 17.7 Å². The highest BCUT2D eigenvalue weighted by molar-refractivity contribution is 5.91. The van der Waals surface area contributed by atoms with E-state index < -0.39 is 0 Å². The molecule has 17 heavy (non-hydrogen) atoms. The van der Waals surface area contributed by atoms with Gasteiger partial charge in [-0.2, -0.15) is 0 Å². The van der Waals surface area contributed by atoms with Crippen molar-refractivity contribution in [3.63, 3.8) is 0 Å². The number of aromatic hydroxyl groups is 2. The first-order valence-electron chi connectivity index (χ1n) is 5.38. The number of phenolic OH excluding ortho intramolecular Hbond substituents is 2. The Hall–Kier alpha value is -2.03. The van der Waals surface area contributed by atoms with Crippen LogP contribution < -0.4 is 5.43 Å². The zero-order valence-corrected chi connectivity index (χ0v) is 10.0. The Morgan fingerprint density at radius 3 is 2.18 bits per heavy atom. The predicted molar refractivity (Wildman–Crippen MR) is 67.8 cm³/mol. The summed E-state index contributed by atoms with van der Waals surface area (Å²) in [6.45, 7) is 5.28. The maximum atomic E-state index is 12.1. The molecule has 2 rings (SSSR count). The fourth-order valence-corrected chi connectivity index (χ4v) is 2.06. The number of aryl methyl sites for hydroxylation is 3. The SMILES string of the molecule is Cc1cc(C)c(=O)c2c(O)c(O)c(C)cc2c1. The summed E-state index contributed by atoms with van der Waals surface area (Å²) in [5.74, 6) is -0.554. The molecule has 0 aromatic heterocycles. The highest BCUT2D eigenvalue weighted by Gasteiger charge is 2.12. The first-order valence-corrected chi connectivity index (χ1v) is 5.38. The molecular weight excluding hydrogens is 216 g/mol. The molecule has 88 valence electrons. The van der Waals surface area contributed by atoms with Gasteiger partial charge in [0, 0.05) is 0 Å². The molecule has 0 saturated carbocycles. The molecule has 0 bridgehead atoms. The summed E-state index contributed by atoms with van der Waals surface area (Å²) in [5.41, 5.74) is 1.80. The molecule has 0 saturated heterocycles. The Morgan fingerprint density at radius 1 is 0.882 bits per heavy atom. The van der Waals surface area contributed by atoms with E-state index in [0.717, 1.165) is 5.56 Å². The minimum Gasteiger partial charge on any atom is -0.504 e. The summed E-state index contributed by atoms with van der Waals surface area (Å²) >= 11 is 0. The van der Waals surface area contributed by atoms with Crippen molar-refractivity contribution in [1.29, 1.82) is 0 Å². The van der Waals surface area contributed by atoms with Crippen molar-refractivity contribution in [2.45, 2.75) is 20.8 Å². The minimum atomic E-state index is -0.330. The standard InChI is InChI=1S/C14H14O3/c1-7-4-8(2)12(15)11-10(5-7)6-9(3)13(16)14(11)17/h4-6,16-17H,1-3H3. The smallest absolute Gasteiger partial charge is 0.193 e. The molecule has 0 aliphatic heterocycles. The average molecular weight is 230 g/mol. The molecule has 2 aromatic carbocycles. The fourth-order valence-electron chi connectivity index (χ4n) is 2.06. The number of fused-ring (bicyclic) bond motifs is 1. The number of phenols is 2. The molecule has 0 aliphatic carbocycles. The Bertz CT molecular complexity index is 673. The lowest BCUT2D eigenvalue weighted by Crippen LogP contribution is -2.01. The third-order valence-corrected chi connectivity index (χ3v) is 2.91. The van der Waals surface area contributed by atoms with Gasteiger partial charge in [-0.05, 0) is 43.4 Å². The zero-order chi connectivity index (χ0) is 12.7. The lowest BCUT2D eigenvalue weighted by molar-refractivity contribution is 0.405. The molecule has 0 spiro atoms. The Morgan fingerprint density at radius 2 is 1.53 bits per heavy atom. The van der Waals surface area contributed by atoms with Crippen molar-refractivity contribution in [2.24, 2.45) is 0 Å². The van der Waals surface area contributed by atoms with Crippen LogP contribution in [0.5, 0.6) is 11.5 Å². The second-order valence-electron chi connectivity index (χ2n) is 4.40. The first-order chi connectivity index (χ1) is 7.91. The van der Waals surface area contributed by atoms with Crippen LogP contribution in [0.4, 0.5) is 0 Å². The Balaban J connectivity index is 3.16. The van der Waals surface area contributed by atoms with Gasteiger partial charge in [-0.25, -0.2) is 0 Å². The van der Waals surface area contributed by atoms with E-state index in [0.29, 0.717) is 16.5 Å². The molecule has 0 amide bonds. The molecule has 0 atom stereocenters. The number of rotatable bonds is 0. The van der Waals surface area contributed by atoms with Gasteiger partial charge in [0.2, 0.25) is 0 Å². The third-order valence-electron chi connectivity index (χ3n) is 2.91. The molecule has 3 nitrogen and oxygen atoms in total. The van der Waals surface area contributed by atoms with Crippen LogP contribution in [0, 0.1) is 20.8 Å². The van der Waals surface area contributed by atoms with Crippen LogP contribution >= 0.6 is 0 Å². The van der Waals surface area contributed by atoms with Gasteiger partial charge in [-0.3, -0.25) is 4.79 Å². The van der Waals surface area contributed by atoms with Crippen LogP contribution in [0.1, 0.15) is 16.7 Å². The second-order valence-corrected chi connectivity index (χ2v) is 4.40.